The van der Waals surface area contributed by atoms with Crippen molar-refractivity contribution in [1.29, 1.82) is 0 Å². The second kappa shape index (κ2) is 4.56. The number of imide groups is 1. The lowest BCUT2D eigenvalue weighted by atomic mass is 10.3. The minimum atomic E-state index is -1.30. The van der Waals surface area contributed by atoms with E-state index in [1.807, 2.05) is 0 Å². The molecule has 0 aromatic heterocycles. The van der Waals surface area contributed by atoms with Crippen molar-refractivity contribution < 1.29 is 29.0 Å². The minimum Gasteiger partial charge on any atom is -0.478 e. The highest BCUT2D eigenvalue weighted by Gasteiger charge is 2.38. The molecule has 7 heteroatoms. The second-order valence-corrected chi connectivity index (χ2v) is 3.09. The molecule has 1 fully saturated rings. The van der Waals surface area contributed by atoms with Crippen molar-refractivity contribution in [3.63, 3.8) is 0 Å². The number of hydrogen-bond donors (Lipinski definition) is 1. The average molecular weight is 227 g/mol. The van der Waals surface area contributed by atoms with Crippen LogP contribution >= 0.6 is 0 Å². The highest BCUT2D eigenvalue weighted by molar-refractivity contribution is 6.05. The first-order valence-electron chi connectivity index (χ1n) is 4.34. The Morgan fingerprint density at radius 2 is 2.06 bits per heavy atom. The Hall–Kier alpha value is -2.18. The van der Waals surface area contributed by atoms with E-state index in [1.165, 1.54) is 7.05 Å². The Morgan fingerprint density at radius 1 is 1.44 bits per heavy atom. The van der Waals surface area contributed by atoms with Gasteiger partial charge >= 0.3 is 11.9 Å². The maximum absolute atomic E-state index is 11.3. The maximum Gasteiger partial charge on any atom is 0.331 e. The lowest BCUT2D eigenvalue weighted by Crippen LogP contribution is -2.30. The maximum atomic E-state index is 11.3. The van der Waals surface area contributed by atoms with Crippen molar-refractivity contribution in [3.8, 4) is 0 Å². The standard InChI is InChI=1S/C9H9NO6/c1-10-6(11)4-5(9(10)15)16-8(14)3-2-7(12)13/h2-3,5H,4H2,1H3,(H,12,13)/b3-2+/t5-/m0/s1. The molecule has 0 bridgehead atoms. The zero-order valence-electron chi connectivity index (χ0n) is 8.37. The molecular weight excluding hydrogens is 218 g/mol. The summed E-state index contributed by atoms with van der Waals surface area (Å²) >= 11 is 0. The van der Waals surface area contributed by atoms with E-state index >= 15 is 0 Å². The molecule has 1 rings (SSSR count). The van der Waals surface area contributed by atoms with Crippen molar-refractivity contribution in [1.82, 2.24) is 4.90 Å². The van der Waals surface area contributed by atoms with Crippen LogP contribution < -0.4 is 0 Å². The Kier molecular flexibility index (Phi) is 3.39. The number of likely N-dealkylation sites (tertiary alicyclic amines) is 1. The van der Waals surface area contributed by atoms with E-state index in [0.717, 1.165) is 4.90 Å². The number of nitrogens with zero attached hydrogens (tertiary/aromatic N) is 1. The smallest absolute Gasteiger partial charge is 0.331 e. The predicted octanol–water partition coefficient (Wildman–Crippen LogP) is -1.07. The molecule has 0 spiro atoms. The van der Waals surface area contributed by atoms with Gasteiger partial charge in [0.2, 0.25) is 5.91 Å². The Bertz CT molecular complexity index is 385. The lowest BCUT2D eigenvalue weighted by Gasteiger charge is -2.08. The van der Waals surface area contributed by atoms with E-state index in [-0.39, 0.29) is 6.42 Å². The monoisotopic (exact) mass is 227 g/mol. The summed E-state index contributed by atoms with van der Waals surface area (Å²) in [5.74, 6) is -3.32. The number of esters is 1. The van der Waals surface area contributed by atoms with Gasteiger partial charge in [0.1, 0.15) is 0 Å². The number of carboxylic acids is 1. The number of hydrogen-bond acceptors (Lipinski definition) is 5. The van der Waals surface area contributed by atoms with Crippen molar-refractivity contribution in [2.75, 3.05) is 7.05 Å². The molecule has 0 aliphatic carbocycles. The van der Waals surface area contributed by atoms with E-state index in [2.05, 4.69) is 4.74 Å². The zero-order valence-corrected chi connectivity index (χ0v) is 8.37. The van der Waals surface area contributed by atoms with Gasteiger partial charge in [-0.25, -0.2) is 9.59 Å². The molecule has 1 aliphatic rings. The van der Waals surface area contributed by atoms with Gasteiger partial charge in [0.25, 0.3) is 5.91 Å². The third kappa shape index (κ3) is 2.66. The number of amides is 2. The van der Waals surface area contributed by atoms with Crippen LogP contribution in [0.1, 0.15) is 6.42 Å². The van der Waals surface area contributed by atoms with Crippen LogP contribution in [0.3, 0.4) is 0 Å². The van der Waals surface area contributed by atoms with Crippen LogP contribution in [0.4, 0.5) is 0 Å². The molecule has 1 saturated heterocycles. The lowest BCUT2D eigenvalue weighted by molar-refractivity contribution is -0.152. The molecule has 1 atom stereocenters. The summed E-state index contributed by atoms with van der Waals surface area (Å²) < 4.78 is 4.61. The van der Waals surface area contributed by atoms with E-state index in [9.17, 15) is 19.2 Å². The number of carbonyl (C=O) groups is 4. The first-order chi connectivity index (χ1) is 7.41. The van der Waals surface area contributed by atoms with Gasteiger partial charge in [-0.05, 0) is 0 Å². The van der Waals surface area contributed by atoms with Crippen LogP contribution in [-0.2, 0) is 23.9 Å². The summed E-state index contributed by atoms with van der Waals surface area (Å²) in [6, 6.07) is 0. The van der Waals surface area contributed by atoms with Crippen molar-refractivity contribution in [2.45, 2.75) is 12.5 Å². The summed E-state index contributed by atoms with van der Waals surface area (Å²) in [5.41, 5.74) is 0. The van der Waals surface area contributed by atoms with Crippen molar-refractivity contribution in [3.05, 3.63) is 12.2 Å². The zero-order chi connectivity index (χ0) is 12.3. The van der Waals surface area contributed by atoms with Gasteiger partial charge in [-0.1, -0.05) is 0 Å². The van der Waals surface area contributed by atoms with Gasteiger partial charge in [0.05, 0.1) is 6.42 Å². The van der Waals surface area contributed by atoms with E-state index in [0.29, 0.717) is 12.2 Å². The normalized spacial score (nSPS) is 20.6. The van der Waals surface area contributed by atoms with Crippen LogP contribution in [0.2, 0.25) is 0 Å². The highest BCUT2D eigenvalue weighted by Crippen LogP contribution is 2.14. The fraction of sp³-hybridized carbons (Fsp3) is 0.333. The fourth-order valence-electron chi connectivity index (χ4n) is 1.13. The average Bonchev–Trinajstić information content (AvgIpc) is 2.43. The quantitative estimate of drug-likeness (QED) is 0.374. The second-order valence-electron chi connectivity index (χ2n) is 3.09. The number of rotatable bonds is 3. The molecule has 16 heavy (non-hydrogen) atoms. The first-order valence-corrected chi connectivity index (χ1v) is 4.34. The largest absolute Gasteiger partial charge is 0.478 e. The van der Waals surface area contributed by atoms with Gasteiger partial charge in [0.15, 0.2) is 6.10 Å². The summed E-state index contributed by atoms with van der Waals surface area (Å²) in [6.45, 7) is 0. The van der Waals surface area contributed by atoms with Crippen LogP contribution in [-0.4, -0.2) is 46.9 Å². The Labute approximate surface area is 90.3 Å². The van der Waals surface area contributed by atoms with Crippen molar-refractivity contribution >= 4 is 23.8 Å². The van der Waals surface area contributed by atoms with Crippen LogP contribution in [0.5, 0.6) is 0 Å². The van der Waals surface area contributed by atoms with Gasteiger partial charge in [-0.2, -0.15) is 0 Å². The third-order valence-corrected chi connectivity index (χ3v) is 1.96. The molecule has 1 heterocycles. The molecule has 7 nitrogen and oxygen atoms in total. The molecule has 1 aliphatic heterocycles. The van der Waals surface area contributed by atoms with Gasteiger partial charge in [0, 0.05) is 19.2 Å². The molecule has 2 amide bonds. The fourth-order valence-corrected chi connectivity index (χ4v) is 1.13. The minimum absolute atomic E-state index is 0.206. The molecular formula is C9H9NO6. The van der Waals surface area contributed by atoms with Gasteiger partial charge in [-0.3, -0.25) is 14.5 Å². The molecule has 0 saturated carbocycles. The van der Waals surface area contributed by atoms with Gasteiger partial charge in [-0.15, -0.1) is 0 Å². The van der Waals surface area contributed by atoms with Crippen LogP contribution in [0.15, 0.2) is 12.2 Å². The number of carbonyl (C=O) groups excluding carboxylic acids is 3. The van der Waals surface area contributed by atoms with E-state index in [1.54, 1.807) is 0 Å². The Balaban J connectivity index is 2.56. The number of likely N-dealkylation sites (N-methyl/N-ethyl adjacent to an activating group) is 1. The van der Waals surface area contributed by atoms with Gasteiger partial charge < -0.3 is 9.84 Å². The molecule has 0 aromatic rings. The first kappa shape index (κ1) is 11.9. The molecule has 86 valence electrons. The summed E-state index contributed by atoms with van der Waals surface area (Å²) in [7, 11) is 1.28. The number of carboxylic acid groups (broad SMARTS) is 1. The summed E-state index contributed by atoms with van der Waals surface area (Å²) in [6.07, 6.45) is -0.0864. The Morgan fingerprint density at radius 3 is 2.50 bits per heavy atom. The molecule has 0 unspecified atom stereocenters. The van der Waals surface area contributed by atoms with E-state index < -0.39 is 29.9 Å². The SMILES string of the molecule is CN1C(=O)C[C@H](OC(=O)/C=C/C(=O)O)C1=O. The number of aliphatic carboxylic acids is 1. The third-order valence-electron chi connectivity index (χ3n) is 1.96. The number of ether oxygens (including phenoxy) is 1. The predicted molar refractivity (Wildman–Crippen MR) is 49.0 cm³/mol. The van der Waals surface area contributed by atoms with E-state index in [4.69, 9.17) is 5.11 Å². The molecule has 0 radical (unpaired) electrons. The highest BCUT2D eigenvalue weighted by atomic mass is 16.5. The molecule has 0 aromatic carbocycles. The van der Waals surface area contributed by atoms with Crippen LogP contribution in [0.25, 0.3) is 0 Å². The topological polar surface area (TPSA) is 101 Å². The molecule has 1 N–H and O–H groups in total. The van der Waals surface area contributed by atoms with Crippen LogP contribution in [0, 0.1) is 0 Å². The van der Waals surface area contributed by atoms with Crippen molar-refractivity contribution in [2.24, 2.45) is 0 Å². The summed E-state index contributed by atoms with van der Waals surface area (Å²) in [4.78, 5) is 44.3. The summed E-state index contributed by atoms with van der Waals surface area (Å²) in [5, 5.41) is 8.24.